The van der Waals surface area contributed by atoms with Gasteiger partial charge in [-0.05, 0) is 6.54 Å². The van der Waals surface area contributed by atoms with E-state index < -0.39 is 23.1 Å². The largest absolute Gasteiger partial charge is 0.480 e. The lowest BCUT2D eigenvalue weighted by atomic mass is 10.3. The van der Waals surface area contributed by atoms with Gasteiger partial charge in [0.25, 0.3) is 0 Å². The fourth-order valence-electron chi connectivity index (χ4n) is 0.607. The molecule has 66 valence electrons. The van der Waals surface area contributed by atoms with Gasteiger partial charge in [0.1, 0.15) is 6.04 Å². The summed E-state index contributed by atoms with van der Waals surface area (Å²) >= 11 is -2.06. The quantitative estimate of drug-likeness (QED) is 0.487. The third kappa shape index (κ3) is 4.88. The van der Waals surface area contributed by atoms with Crippen LogP contribution in [0.4, 0.5) is 0 Å². The molecule has 0 aromatic carbocycles. The van der Waals surface area contributed by atoms with E-state index in [4.69, 9.17) is 9.66 Å². The summed E-state index contributed by atoms with van der Waals surface area (Å²) < 4.78 is 18.6. The van der Waals surface area contributed by atoms with Crippen molar-refractivity contribution in [1.82, 2.24) is 5.32 Å². The summed E-state index contributed by atoms with van der Waals surface area (Å²) in [7, 11) is 0. The molecule has 0 aliphatic heterocycles. The highest BCUT2D eigenvalue weighted by Crippen LogP contribution is 1.86. The Kier molecular flexibility index (Phi) is 5.01. The molecule has 0 aliphatic rings. The maximum Gasteiger partial charge on any atom is 0.321 e. The molecule has 3 N–H and O–H groups in total. The van der Waals surface area contributed by atoms with Gasteiger partial charge in [-0.15, -0.1) is 0 Å². The Morgan fingerprint density at radius 1 is 1.73 bits per heavy atom. The minimum atomic E-state index is -2.06. The van der Waals surface area contributed by atoms with Gasteiger partial charge in [0, 0.05) is 0 Å². The van der Waals surface area contributed by atoms with Gasteiger partial charge in [-0.2, -0.15) is 0 Å². The number of carboxylic acids is 1. The molecule has 11 heavy (non-hydrogen) atoms. The molecule has 5 nitrogen and oxygen atoms in total. The topological polar surface area (TPSA) is 86.6 Å². The summed E-state index contributed by atoms with van der Waals surface area (Å²) in [6.45, 7) is 2.20. The number of nitrogens with one attached hydrogen (secondary N) is 1. The van der Waals surface area contributed by atoms with Crippen molar-refractivity contribution in [2.45, 2.75) is 13.0 Å². The number of carboxylic acid groups (broad SMARTS) is 1. The van der Waals surface area contributed by atoms with Gasteiger partial charge in [-0.25, -0.2) is 4.21 Å². The molecule has 1 unspecified atom stereocenters. The van der Waals surface area contributed by atoms with E-state index in [9.17, 15) is 9.00 Å². The molecular weight excluding hydrogens is 170 g/mol. The Morgan fingerprint density at radius 2 is 2.27 bits per heavy atom. The molecule has 2 atom stereocenters. The smallest absolute Gasteiger partial charge is 0.321 e. The third-order valence-corrected chi connectivity index (χ3v) is 1.68. The van der Waals surface area contributed by atoms with Crippen LogP contribution < -0.4 is 5.32 Å². The van der Waals surface area contributed by atoms with Gasteiger partial charge in [0.15, 0.2) is 11.1 Å². The fraction of sp³-hybridized carbons (Fsp3) is 0.800. The van der Waals surface area contributed by atoms with Crippen molar-refractivity contribution in [2.24, 2.45) is 0 Å². The summed E-state index contributed by atoms with van der Waals surface area (Å²) in [6, 6.07) is -0.925. The van der Waals surface area contributed by atoms with E-state index in [1.807, 2.05) is 0 Å². The second-order valence-electron chi connectivity index (χ2n) is 1.94. The van der Waals surface area contributed by atoms with E-state index in [1.165, 1.54) is 0 Å². The number of hydrogen-bond acceptors (Lipinski definition) is 3. The minimum absolute atomic E-state index is 0.275. The first kappa shape index (κ1) is 10.5. The van der Waals surface area contributed by atoms with E-state index in [0.29, 0.717) is 6.54 Å². The van der Waals surface area contributed by atoms with Crippen molar-refractivity contribution < 1.29 is 18.7 Å². The molecule has 0 saturated carbocycles. The van der Waals surface area contributed by atoms with E-state index in [0.717, 1.165) is 0 Å². The first-order valence-electron chi connectivity index (χ1n) is 3.11. The van der Waals surface area contributed by atoms with Gasteiger partial charge in [-0.3, -0.25) is 4.79 Å². The molecule has 0 heterocycles. The zero-order valence-electron chi connectivity index (χ0n) is 6.11. The summed E-state index contributed by atoms with van der Waals surface area (Å²) in [5, 5.41) is 11.0. The van der Waals surface area contributed by atoms with Crippen LogP contribution in [-0.2, 0) is 15.9 Å². The van der Waals surface area contributed by atoms with Gasteiger partial charge < -0.3 is 15.0 Å². The Bertz CT molecular complexity index is 161. The highest BCUT2D eigenvalue weighted by Gasteiger charge is 2.17. The summed E-state index contributed by atoms with van der Waals surface area (Å²) in [6.07, 6.45) is 0. The second-order valence-corrected chi connectivity index (χ2v) is 2.91. The Morgan fingerprint density at radius 3 is 2.55 bits per heavy atom. The predicted octanol–water partition coefficient (Wildman–Crippen LogP) is -0.729. The lowest BCUT2D eigenvalue weighted by Crippen LogP contribution is -2.40. The summed E-state index contributed by atoms with van der Waals surface area (Å²) in [4.78, 5) is 10.3. The van der Waals surface area contributed by atoms with Crippen molar-refractivity contribution in [3.05, 3.63) is 0 Å². The molecule has 0 aliphatic carbocycles. The molecule has 0 radical (unpaired) electrons. The molecular formula is C5H11NO4S. The second kappa shape index (κ2) is 5.22. The first-order chi connectivity index (χ1) is 5.07. The van der Waals surface area contributed by atoms with Crippen LogP contribution in [0, 0.1) is 0 Å². The molecule has 0 saturated heterocycles. The summed E-state index contributed by atoms with van der Waals surface area (Å²) in [5.41, 5.74) is 0. The van der Waals surface area contributed by atoms with Gasteiger partial charge in [0.05, 0.1) is 5.75 Å². The van der Waals surface area contributed by atoms with Crippen molar-refractivity contribution in [3.8, 4) is 0 Å². The normalized spacial score (nSPS) is 15.8. The Hall–Kier alpha value is -0.460. The zero-order chi connectivity index (χ0) is 8.85. The summed E-state index contributed by atoms with van der Waals surface area (Å²) in [5.74, 6) is -1.38. The van der Waals surface area contributed by atoms with Crippen LogP contribution in [0.25, 0.3) is 0 Å². The maximum absolute atomic E-state index is 10.3. The standard InChI is InChI=1S/C5H11NO4S/c1-2-6-4(5(7)8)3-11(9)10/h4,6H,2-3H2,1H3,(H,7,8)(H,9,10)/t4-/m0/s1. The predicted molar refractivity (Wildman–Crippen MR) is 40.7 cm³/mol. The molecule has 0 aromatic heterocycles. The number of carbonyl (C=O) groups is 1. The van der Waals surface area contributed by atoms with E-state index in [-0.39, 0.29) is 5.75 Å². The first-order valence-corrected chi connectivity index (χ1v) is 4.39. The Balaban J connectivity index is 3.89. The van der Waals surface area contributed by atoms with Crippen LogP contribution in [0.15, 0.2) is 0 Å². The average molecular weight is 181 g/mol. The van der Waals surface area contributed by atoms with Crippen molar-refractivity contribution >= 4 is 17.0 Å². The highest BCUT2D eigenvalue weighted by atomic mass is 32.2. The van der Waals surface area contributed by atoms with Crippen molar-refractivity contribution in [2.75, 3.05) is 12.3 Å². The lowest BCUT2D eigenvalue weighted by Gasteiger charge is -2.09. The molecule has 0 fully saturated rings. The monoisotopic (exact) mass is 181 g/mol. The van der Waals surface area contributed by atoms with Crippen molar-refractivity contribution in [1.29, 1.82) is 0 Å². The van der Waals surface area contributed by atoms with Gasteiger partial charge in [0.2, 0.25) is 0 Å². The van der Waals surface area contributed by atoms with Crippen molar-refractivity contribution in [3.63, 3.8) is 0 Å². The molecule has 0 amide bonds. The fourth-order valence-corrected chi connectivity index (χ4v) is 1.15. The number of rotatable bonds is 5. The molecule has 0 rings (SSSR count). The van der Waals surface area contributed by atoms with E-state index in [1.54, 1.807) is 6.92 Å². The van der Waals surface area contributed by atoms with E-state index >= 15 is 0 Å². The highest BCUT2D eigenvalue weighted by molar-refractivity contribution is 7.79. The number of aliphatic carboxylic acids is 1. The SMILES string of the molecule is CCN[C@@H](CS(=O)O)C(=O)O. The van der Waals surface area contributed by atoms with Crippen LogP contribution in [0.3, 0.4) is 0 Å². The molecule has 0 aromatic rings. The molecule has 6 heteroatoms. The lowest BCUT2D eigenvalue weighted by molar-refractivity contribution is -0.138. The van der Waals surface area contributed by atoms with Crippen LogP contribution >= 0.6 is 0 Å². The van der Waals surface area contributed by atoms with Crippen LogP contribution in [0.1, 0.15) is 6.92 Å². The van der Waals surface area contributed by atoms with Crippen LogP contribution in [-0.4, -0.2) is 38.2 Å². The zero-order valence-corrected chi connectivity index (χ0v) is 6.93. The van der Waals surface area contributed by atoms with Crippen LogP contribution in [0.2, 0.25) is 0 Å². The maximum atomic E-state index is 10.3. The Labute approximate surface area is 67.1 Å². The van der Waals surface area contributed by atoms with E-state index in [2.05, 4.69) is 5.32 Å². The number of likely N-dealkylation sites (N-methyl/N-ethyl adjacent to an activating group) is 1. The van der Waals surface area contributed by atoms with Crippen LogP contribution in [0.5, 0.6) is 0 Å². The minimum Gasteiger partial charge on any atom is -0.480 e. The molecule has 0 spiro atoms. The van der Waals surface area contributed by atoms with Gasteiger partial charge in [-0.1, -0.05) is 6.92 Å². The third-order valence-electron chi connectivity index (χ3n) is 1.06. The number of hydrogen-bond donors (Lipinski definition) is 3. The molecule has 0 bridgehead atoms. The van der Waals surface area contributed by atoms with Gasteiger partial charge >= 0.3 is 5.97 Å². The average Bonchev–Trinajstić information content (AvgIpc) is 1.86.